The normalized spacial score (nSPS) is 10.5. The summed E-state index contributed by atoms with van der Waals surface area (Å²) >= 11 is 11.8. The van der Waals surface area contributed by atoms with Crippen molar-refractivity contribution in [3.8, 4) is 11.3 Å². The van der Waals surface area contributed by atoms with Gasteiger partial charge in [0.15, 0.2) is 0 Å². The lowest BCUT2D eigenvalue weighted by Gasteiger charge is -2.04. The summed E-state index contributed by atoms with van der Waals surface area (Å²) in [5.74, 6) is 0. The largest absolute Gasteiger partial charge is 0.350 e. The van der Waals surface area contributed by atoms with Crippen LogP contribution in [0.2, 0.25) is 10.0 Å². The standard InChI is InChI=1S/C11H8Cl2N/c1-14-4-2-3-11(14)8-5-9(12)7-10(13)6-8/h3-7H,1H3. The minimum absolute atomic E-state index is 0.647. The van der Waals surface area contributed by atoms with Crippen LogP contribution in [0.4, 0.5) is 0 Å². The number of hydrogen-bond donors (Lipinski definition) is 0. The second-order valence-electron chi connectivity index (χ2n) is 3.09. The summed E-state index contributed by atoms with van der Waals surface area (Å²) < 4.78 is 1.97. The summed E-state index contributed by atoms with van der Waals surface area (Å²) in [5.41, 5.74) is 2.06. The number of aromatic nitrogens is 1. The third-order valence-electron chi connectivity index (χ3n) is 2.03. The molecular formula is C11H8Cl2N. The van der Waals surface area contributed by atoms with Crippen LogP contribution in [0.5, 0.6) is 0 Å². The fourth-order valence-electron chi connectivity index (χ4n) is 1.39. The van der Waals surface area contributed by atoms with E-state index in [1.54, 1.807) is 6.07 Å². The van der Waals surface area contributed by atoms with Gasteiger partial charge in [-0.15, -0.1) is 0 Å². The number of aryl methyl sites for hydroxylation is 1. The maximum atomic E-state index is 5.92. The predicted octanol–water partition coefficient (Wildman–Crippen LogP) is 3.80. The predicted molar refractivity (Wildman–Crippen MR) is 59.7 cm³/mol. The van der Waals surface area contributed by atoms with Gasteiger partial charge in [0.05, 0.1) is 0 Å². The van der Waals surface area contributed by atoms with Gasteiger partial charge in [-0.05, 0) is 24.3 Å². The van der Waals surface area contributed by atoms with E-state index in [0.717, 1.165) is 11.3 Å². The number of rotatable bonds is 1. The van der Waals surface area contributed by atoms with Crippen molar-refractivity contribution in [3.05, 3.63) is 46.6 Å². The topological polar surface area (TPSA) is 4.93 Å². The minimum Gasteiger partial charge on any atom is -0.350 e. The van der Waals surface area contributed by atoms with Gasteiger partial charge < -0.3 is 4.57 Å². The van der Waals surface area contributed by atoms with Gasteiger partial charge in [0.1, 0.15) is 0 Å². The zero-order valence-electron chi connectivity index (χ0n) is 7.59. The van der Waals surface area contributed by atoms with E-state index in [0.29, 0.717) is 10.0 Å². The molecule has 1 aromatic carbocycles. The first-order chi connectivity index (χ1) is 6.66. The first-order valence-corrected chi connectivity index (χ1v) is 4.91. The molecule has 1 heterocycles. The minimum atomic E-state index is 0.647. The highest BCUT2D eigenvalue weighted by Crippen LogP contribution is 2.26. The van der Waals surface area contributed by atoms with Crippen LogP contribution < -0.4 is 0 Å². The van der Waals surface area contributed by atoms with E-state index in [1.165, 1.54) is 0 Å². The van der Waals surface area contributed by atoms with Crippen molar-refractivity contribution in [2.24, 2.45) is 7.05 Å². The molecular weight excluding hydrogens is 217 g/mol. The van der Waals surface area contributed by atoms with Gasteiger partial charge in [0.2, 0.25) is 0 Å². The molecule has 0 aliphatic rings. The second kappa shape index (κ2) is 3.68. The van der Waals surface area contributed by atoms with Crippen LogP contribution in [0, 0.1) is 6.07 Å². The van der Waals surface area contributed by atoms with Crippen LogP contribution in [0.25, 0.3) is 11.3 Å². The van der Waals surface area contributed by atoms with E-state index in [9.17, 15) is 0 Å². The highest BCUT2D eigenvalue weighted by Gasteiger charge is 2.03. The second-order valence-corrected chi connectivity index (χ2v) is 3.97. The zero-order chi connectivity index (χ0) is 10.1. The van der Waals surface area contributed by atoms with Crippen molar-refractivity contribution >= 4 is 23.2 Å². The van der Waals surface area contributed by atoms with Crippen LogP contribution >= 0.6 is 23.2 Å². The van der Waals surface area contributed by atoms with E-state index in [1.807, 2.05) is 36.0 Å². The molecule has 0 saturated carbocycles. The molecule has 0 N–H and O–H groups in total. The van der Waals surface area contributed by atoms with Gasteiger partial charge in [-0.25, -0.2) is 0 Å². The van der Waals surface area contributed by atoms with Crippen LogP contribution in [0.3, 0.4) is 0 Å². The van der Waals surface area contributed by atoms with Gasteiger partial charge in [-0.1, -0.05) is 23.2 Å². The van der Waals surface area contributed by atoms with Gasteiger partial charge in [0.25, 0.3) is 0 Å². The Labute approximate surface area is 92.9 Å². The van der Waals surface area contributed by atoms with Crippen LogP contribution in [0.1, 0.15) is 0 Å². The molecule has 14 heavy (non-hydrogen) atoms. The first-order valence-electron chi connectivity index (χ1n) is 4.16. The Balaban J connectivity index is 2.57. The first kappa shape index (κ1) is 9.63. The zero-order valence-corrected chi connectivity index (χ0v) is 9.10. The van der Waals surface area contributed by atoms with E-state index >= 15 is 0 Å². The number of hydrogen-bond acceptors (Lipinski definition) is 0. The molecule has 0 saturated heterocycles. The summed E-state index contributed by atoms with van der Waals surface area (Å²) in [5, 5.41) is 1.29. The fourth-order valence-corrected chi connectivity index (χ4v) is 1.91. The van der Waals surface area contributed by atoms with Crippen LogP contribution in [0.15, 0.2) is 30.5 Å². The summed E-state index contributed by atoms with van der Waals surface area (Å²) in [6.45, 7) is 0. The third kappa shape index (κ3) is 1.79. The van der Waals surface area contributed by atoms with Gasteiger partial charge in [-0.3, -0.25) is 0 Å². The molecule has 0 aliphatic heterocycles. The smallest absolute Gasteiger partial charge is 0.0485 e. The number of benzene rings is 1. The quantitative estimate of drug-likeness (QED) is 0.695. The Morgan fingerprint density at radius 1 is 1.14 bits per heavy atom. The van der Waals surface area contributed by atoms with E-state index in [2.05, 4.69) is 6.07 Å². The Morgan fingerprint density at radius 2 is 1.79 bits per heavy atom. The Kier molecular flexibility index (Phi) is 2.53. The number of nitrogens with zero attached hydrogens (tertiary/aromatic N) is 1. The lowest BCUT2D eigenvalue weighted by Crippen LogP contribution is -1.88. The average Bonchev–Trinajstić information content (AvgIpc) is 2.49. The molecule has 71 valence electrons. The van der Waals surface area contributed by atoms with Gasteiger partial charge in [-0.2, -0.15) is 0 Å². The maximum absolute atomic E-state index is 5.92. The molecule has 2 aromatic rings. The molecule has 1 aromatic heterocycles. The molecule has 0 bridgehead atoms. The van der Waals surface area contributed by atoms with Crippen molar-refractivity contribution < 1.29 is 0 Å². The van der Waals surface area contributed by atoms with Crippen LogP contribution in [-0.4, -0.2) is 4.57 Å². The monoisotopic (exact) mass is 224 g/mol. The Bertz CT molecular complexity index is 440. The SMILES string of the molecule is Cn1c[c]cc1-c1cc(Cl)cc(Cl)c1. The summed E-state index contributed by atoms with van der Waals surface area (Å²) in [6, 6.07) is 10.4. The Morgan fingerprint density at radius 3 is 2.29 bits per heavy atom. The lowest BCUT2D eigenvalue weighted by atomic mass is 10.1. The van der Waals surface area contributed by atoms with E-state index in [4.69, 9.17) is 23.2 Å². The summed E-state index contributed by atoms with van der Waals surface area (Å²) in [6.07, 6.45) is 1.87. The van der Waals surface area contributed by atoms with Gasteiger partial charge >= 0.3 is 0 Å². The molecule has 0 spiro atoms. The van der Waals surface area contributed by atoms with Crippen molar-refractivity contribution in [3.63, 3.8) is 0 Å². The van der Waals surface area contributed by atoms with Crippen molar-refractivity contribution in [2.45, 2.75) is 0 Å². The Hall–Kier alpha value is -0.920. The highest BCUT2D eigenvalue weighted by atomic mass is 35.5. The fraction of sp³-hybridized carbons (Fsp3) is 0.0909. The summed E-state index contributed by atoms with van der Waals surface area (Å²) in [4.78, 5) is 0. The lowest BCUT2D eigenvalue weighted by molar-refractivity contribution is 0.936. The average molecular weight is 225 g/mol. The van der Waals surface area contributed by atoms with E-state index < -0.39 is 0 Å². The van der Waals surface area contributed by atoms with Crippen molar-refractivity contribution in [1.82, 2.24) is 4.57 Å². The molecule has 2 rings (SSSR count). The van der Waals surface area contributed by atoms with E-state index in [-0.39, 0.29) is 0 Å². The molecule has 0 amide bonds. The van der Waals surface area contributed by atoms with Crippen LogP contribution in [-0.2, 0) is 7.05 Å². The molecule has 1 nitrogen and oxygen atoms in total. The van der Waals surface area contributed by atoms with Crippen molar-refractivity contribution in [1.29, 1.82) is 0 Å². The summed E-state index contributed by atoms with van der Waals surface area (Å²) in [7, 11) is 1.96. The molecule has 0 unspecified atom stereocenters. The van der Waals surface area contributed by atoms with Crippen molar-refractivity contribution in [2.75, 3.05) is 0 Å². The molecule has 0 fully saturated rings. The highest BCUT2D eigenvalue weighted by molar-refractivity contribution is 6.35. The maximum Gasteiger partial charge on any atom is 0.0485 e. The van der Waals surface area contributed by atoms with Gasteiger partial charge in [0, 0.05) is 40.6 Å². The molecule has 1 radical (unpaired) electrons. The number of halogens is 2. The molecule has 0 aliphatic carbocycles. The third-order valence-corrected chi connectivity index (χ3v) is 2.46. The molecule has 0 atom stereocenters. The molecule has 3 heteroatoms.